The van der Waals surface area contributed by atoms with Gasteiger partial charge in [0.15, 0.2) is 0 Å². The number of nitro groups is 1. The maximum atomic E-state index is 12.0. The largest absolute Gasteiger partial charge is 0.309 e. The van der Waals surface area contributed by atoms with Crippen LogP contribution in [0.2, 0.25) is 0 Å². The van der Waals surface area contributed by atoms with E-state index >= 15 is 0 Å². The minimum atomic E-state index is -0.289. The van der Waals surface area contributed by atoms with E-state index in [1.165, 1.54) is 42.9 Å². The van der Waals surface area contributed by atoms with Gasteiger partial charge >= 0.3 is 0 Å². The zero-order valence-electron chi connectivity index (χ0n) is 24.0. The van der Waals surface area contributed by atoms with E-state index in [0.717, 1.165) is 32.2 Å². The molecule has 0 N–H and O–H groups in total. The minimum Gasteiger partial charge on any atom is -0.309 e. The second kappa shape index (κ2) is 9.88. The number of nitrogens with zero attached hydrogens (tertiary/aromatic N) is 2. The third-order valence-electron chi connectivity index (χ3n) is 8.90. The molecule has 5 heteroatoms. The van der Waals surface area contributed by atoms with Gasteiger partial charge in [0, 0.05) is 42.7 Å². The molecule has 212 valence electrons. The van der Waals surface area contributed by atoms with Crippen LogP contribution in [-0.4, -0.2) is 9.49 Å². The van der Waals surface area contributed by atoms with Crippen molar-refractivity contribution in [3.63, 3.8) is 0 Å². The van der Waals surface area contributed by atoms with Gasteiger partial charge in [-0.2, -0.15) is 0 Å². The molecule has 0 saturated heterocycles. The molecule has 0 aliphatic heterocycles. The number of nitro benzene ring substituents is 1. The first kappa shape index (κ1) is 25.7. The highest BCUT2D eigenvalue weighted by Crippen LogP contribution is 2.46. The molecular weight excluding hydrogens is 573 g/mol. The maximum Gasteiger partial charge on any atom is 0.277 e. The molecule has 9 rings (SSSR count). The van der Waals surface area contributed by atoms with Crippen molar-refractivity contribution in [2.24, 2.45) is 0 Å². The Hall–Kier alpha value is -5.78. The van der Waals surface area contributed by atoms with Gasteiger partial charge in [0.1, 0.15) is 0 Å². The first-order valence-electron chi connectivity index (χ1n) is 14.9. The zero-order chi connectivity index (χ0) is 30.1. The number of hydrogen-bond donors (Lipinski definition) is 0. The van der Waals surface area contributed by atoms with Crippen molar-refractivity contribution in [3.8, 4) is 27.9 Å². The first-order chi connectivity index (χ1) is 22.2. The summed E-state index contributed by atoms with van der Waals surface area (Å²) in [5.74, 6) is 0. The average Bonchev–Trinajstić information content (AvgIpc) is 3.62. The summed E-state index contributed by atoms with van der Waals surface area (Å²) in [5.41, 5.74) is 7.48. The second-order valence-corrected chi connectivity index (χ2v) is 12.4. The molecule has 2 aromatic heterocycles. The molecule has 0 spiro atoms. The van der Waals surface area contributed by atoms with Gasteiger partial charge in [-0.25, -0.2) is 0 Å². The summed E-state index contributed by atoms with van der Waals surface area (Å²) in [6, 6.07) is 50.0. The Morgan fingerprint density at radius 1 is 0.511 bits per heavy atom. The molecule has 0 aliphatic carbocycles. The Morgan fingerprint density at radius 3 is 1.98 bits per heavy atom. The number of aromatic nitrogens is 1. The van der Waals surface area contributed by atoms with Crippen LogP contribution in [-0.2, 0) is 0 Å². The molecule has 0 bridgehead atoms. The monoisotopic (exact) mass is 596 g/mol. The molecular formula is C40H24N2O2S. The number of benzene rings is 7. The van der Waals surface area contributed by atoms with E-state index in [1.807, 2.05) is 24.3 Å². The van der Waals surface area contributed by atoms with Crippen molar-refractivity contribution in [1.82, 2.24) is 4.57 Å². The number of para-hydroxylation sites is 2. The Labute approximate surface area is 262 Å². The Morgan fingerprint density at radius 2 is 1.18 bits per heavy atom. The van der Waals surface area contributed by atoms with Gasteiger partial charge < -0.3 is 4.57 Å². The van der Waals surface area contributed by atoms with Gasteiger partial charge in [0.05, 0.1) is 21.5 Å². The fraction of sp³-hybridized carbons (Fsp3) is 0. The standard InChI is InChI=1S/C40H24N2O2S/c43-42(44)36-17-9-7-13-29(36)32-23-39-40(31-15-5-4-12-28(31)32)34-22-33-30-14-6-8-16-35(30)41(37(33)24-38(34)45-39)27-20-18-26(19-21-27)25-10-2-1-3-11-25/h1-24H. The first-order valence-corrected chi connectivity index (χ1v) is 15.7. The van der Waals surface area contributed by atoms with E-state index in [2.05, 4.69) is 114 Å². The number of fused-ring (bicyclic) bond motifs is 8. The summed E-state index contributed by atoms with van der Waals surface area (Å²) in [6.45, 7) is 0. The van der Waals surface area contributed by atoms with Crippen molar-refractivity contribution in [1.29, 1.82) is 0 Å². The summed E-state index contributed by atoms with van der Waals surface area (Å²) >= 11 is 1.74. The van der Waals surface area contributed by atoms with Crippen molar-refractivity contribution in [3.05, 3.63) is 156 Å². The van der Waals surface area contributed by atoms with Gasteiger partial charge in [-0.1, -0.05) is 97.1 Å². The van der Waals surface area contributed by atoms with Crippen LogP contribution in [0.15, 0.2) is 146 Å². The number of thiophene rings is 1. The van der Waals surface area contributed by atoms with E-state index in [9.17, 15) is 10.1 Å². The minimum absolute atomic E-state index is 0.118. The van der Waals surface area contributed by atoms with Gasteiger partial charge in [-0.05, 0) is 69.9 Å². The molecule has 2 heterocycles. The molecule has 0 fully saturated rings. The summed E-state index contributed by atoms with van der Waals surface area (Å²) in [4.78, 5) is 11.7. The van der Waals surface area contributed by atoms with Crippen molar-refractivity contribution >= 4 is 69.8 Å². The Bertz CT molecular complexity index is 2620. The lowest BCUT2D eigenvalue weighted by molar-refractivity contribution is -0.384. The van der Waals surface area contributed by atoms with Crippen LogP contribution in [0.5, 0.6) is 0 Å². The predicted octanol–water partition coefficient (Wildman–Crippen LogP) is 11.5. The highest BCUT2D eigenvalue weighted by molar-refractivity contribution is 7.26. The fourth-order valence-corrected chi connectivity index (χ4v) is 8.07. The molecule has 0 aliphatic rings. The smallest absolute Gasteiger partial charge is 0.277 e. The van der Waals surface area contributed by atoms with Crippen LogP contribution in [0.4, 0.5) is 5.69 Å². The van der Waals surface area contributed by atoms with Crippen LogP contribution < -0.4 is 0 Å². The quantitative estimate of drug-likeness (QED) is 0.150. The zero-order valence-corrected chi connectivity index (χ0v) is 24.8. The molecule has 0 amide bonds. The summed E-state index contributed by atoms with van der Waals surface area (Å²) in [6.07, 6.45) is 0. The van der Waals surface area contributed by atoms with Crippen LogP contribution in [0.25, 0.3) is 80.7 Å². The highest BCUT2D eigenvalue weighted by atomic mass is 32.1. The topological polar surface area (TPSA) is 48.1 Å². The predicted molar refractivity (Wildman–Crippen MR) is 189 cm³/mol. The van der Waals surface area contributed by atoms with Crippen LogP contribution in [0.3, 0.4) is 0 Å². The average molecular weight is 597 g/mol. The third kappa shape index (κ3) is 3.91. The van der Waals surface area contributed by atoms with Gasteiger partial charge in [0.2, 0.25) is 0 Å². The molecule has 7 aromatic carbocycles. The highest BCUT2D eigenvalue weighted by Gasteiger charge is 2.21. The number of hydrogen-bond acceptors (Lipinski definition) is 3. The summed E-state index contributed by atoms with van der Waals surface area (Å²) in [5, 5.41) is 18.9. The van der Waals surface area contributed by atoms with Crippen LogP contribution >= 0.6 is 11.3 Å². The maximum absolute atomic E-state index is 12.0. The molecule has 45 heavy (non-hydrogen) atoms. The molecule has 0 radical (unpaired) electrons. The SMILES string of the molecule is O=[N+]([O-])c1ccccc1-c1cc2sc3cc4c(cc3c2c2ccccc12)c1ccccc1n4-c1ccc(-c2ccccc2)cc1. The van der Waals surface area contributed by atoms with E-state index in [0.29, 0.717) is 5.56 Å². The van der Waals surface area contributed by atoms with Crippen molar-refractivity contribution in [2.75, 3.05) is 0 Å². The lowest BCUT2D eigenvalue weighted by Gasteiger charge is -2.10. The molecule has 9 aromatic rings. The lowest BCUT2D eigenvalue weighted by Crippen LogP contribution is -1.93. The van der Waals surface area contributed by atoms with Gasteiger partial charge in [-0.3, -0.25) is 10.1 Å². The molecule has 0 saturated carbocycles. The van der Waals surface area contributed by atoms with Gasteiger partial charge in [-0.15, -0.1) is 11.3 Å². The summed E-state index contributed by atoms with van der Waals surface area (Å²) < 4.78 is 4.67. The normalized spacial score (nSPS) is 11.7. The second-order valence-electron chi connectivity index (χ2n) is 11.4. The lowest BCUT2D eigenvalue weighted by atomic mass is 9.94. The van der Waals surface area contributed by atoms with Gasteiger partial charge in [0.25, 0.3) is 5.69 Å². The summed E-state index contributed by atoms with van der Waals surface area (Å²) in [7, 11) is 0. The van der Waals surface area contributed by atoms with E-state index in [1.54, 1.807) is 23.5 Å². The molecule has 0 atom stereocenters. The Balaban J connectivity index is 1.32. The van der Waals surface area contributed by atoms with E-state index in [-0.39, 0.29) is 10.6 Å². The molecule has 4 nitrogen and oxygen atoms in total. The Kier molecular flexibility index (Phi) is 5.64. The third-order valence-corrected chi connectivity index (χ3v) is 9.99. The van der Waals surface area contributed by atoms with E-state index < -0.39 is 0 Å². The van der Waals surface area contributed by atoms with E-state index in [4.69, 9.17) is 0 Å². The van der Waals surface area contributed by atoms with Crippen molar-refractivity contribution < 1.29 is 4.92 Å². The molecule has 0 unspecified atom stereocenters. The van der Waals surface area contributed by atoms with Crippen LogP contribution in [0, 0.1) is 10.1 Å². The van der Waals surface area contributed by atoms with Crippen molar-refractivity contribution in [2.45, 2.75) is 0 Å². The van der Waals surface area contributed by atoms with Crippen LogP contribution in [0.1, 0.15) is 0 Å². The number of rotatable bonds is 4. The fourth-order valence-electron chi connectivity index (χ4n) is 6.90.